The van der Waals surface area contributed by atoms with Crippen molar-refractivity contribution in [2.24, 2.45) is 0 Å². The highest BCUT2D eigenvalue weighted by molar-refractivity contribution is 9.10. The molecule has 2 aromatic heterocycles. The predicted molar refractivity (Wildman–Crippen MR) is 94.4 cm³/mol. The van der Waals surface area contributed by atoms with E-state index in [1.54, 1.807) is 25.1 Å². The van der Waals surface area contributed by atoms with E-state index in [0.717, 1.165) is 10.00 Å². The number of amides is 1. The number of nitrogens with one attached hydrogen (secondary N) is 1. The molecule has 0 unspecified atom stereocenters. The molecule has 0 aliphatic rings. The highest BCUT2D eigenvalue weighted by Crippen LogP contribution is 2.25. The van der Waals surface area contributed by atoms with E-state index in [4.69, 9.17) is 11.6 Å². The third-order valence-corrected chi connectivity index (χ3v) is 5.65. The van der Waals surface area contributed by atoms with Gasteiger partial charge in [-0.25, -0.2) is 18.4 Å². The van der Waals surface area contributed by atoms with Crippen LogP contribution in [0.3, 0.4) is 0 Å². The minimum Gasteiger partial charge on any atom is -0.310 e. The lowest BCUT2D eigenvalue weighted by Crippen LogP contribution is -2.35. The van der Waals surface area contributed by atoms with Crippen molar-refractivity contribution in [2.75, 3.05) is 18.9 Å². The zero-order valence-corrected chi connectivity index (χ0v) is 16.0. The standard InChI is InChI=1S/C14H14BrClN4O3S/c1-9-4-3-5-12(18-9)19-13(21)8-20(2)24(22,23)11-6-10(15)7-17-14(11)16/h3-7H,8H2,1-2H3,(H,18,19,21). The Kier molecular flexibility index (Phi) is 5.92. The van der Waals surface area contributed by atoms with E-state index in [2.05, 4.69) is 31.2 Å². The van der Waals surface area contributed by atoms with Gasteiger partial charge < -0.3 is 5.32 Å². The van der Waals surface area contributed by atoms with E-state index >= 15 is 0 Å². The quantitative estimate of drug-likeness (QED) is 0.731. The Morgan fingerprint density at radius 2 is 2.12 bits per heavy atom. The van der Waals surface area contributed by atoms with Crippen molar-refractivity contribution in [3.63, 3.8) is 0 Å². The van der Waals surface area contributed by atoms with Crippen molar-refractivity contribution >= 4 is 49.3 Å². The monoisotopic (exact) mass is 432 g/mol. The van der Waals surface area contributed by atoms with Gasteiger partial charge in [-0.1, -0.05) is 17.7 Å². The molecule has 0 atom stereocenters. The second-order valence-corrected chi connectivity index (χ2v) is 8.20. The molecule has 0 aromatic carbocycles. The van der Waals surface area contributed by atoms with Crippen LogP contribution in [0.2, 0.25) is 5.15 Å². The number of nitrogens with zero attached hydrogens (tertiary/aromatic N) is 3. The van der Waals surface area contributed by atoms with E-state index in [0.29, 0.717) is 10.3 Å². The largest absolute Gasteiger partial charge is 0.310 e. The maximum atomic E-state index is 12.5. The molecule has 2 aromatic rings. The molecule has 2 rings (SSSR count). The molecule has 24 heavy (non-hydrogen) atoms. The summed E-state index contributed by atoms with van der Waals surface area (Å²) >= 11 is 9.01. The molecule has 0 aliphatic carbocycles. The van der Waals surface area contributed by atoms with Crippen molar-refractivity contribution in [3.8, 4) is 0 Å². The van der Waals surface area contributed by atoms with E-state index < -0.39 is 15.9 Å². The van der Waals surface area contributed by atoms with Gasteiger partial charge in [0.15, 0.2) is 0 Å². The van der Waals surface area contributed by atoms with Crippen LogP contribution in [-0.2, 0) is 14.8 Å². The average molecular weight is 434 g/mol. The number of sulfonamides is 1. The topological polar surface area (TPSA) is 92.3 Å². The van der Waals surface area contributed by atoms with Crippen molar-refractivity contribution < 1.29 is 13.2 Å². The Bertz CT molecular complexity index is 876. The van der Waals surface area contributed by atoms with Gasteiger partial charge >= 0.3 is 0 Å². The number of hydrogen-bond donors (Lipinski definition) is 1. The van der Waals surface area contributed by atoms with Crippen molar-refractivity contribution in [3.05, 3.63) is 45.8 Å². The summed E-state index contributed by atoms with van der Waals surface area (Å²) in [5.74, 6) is -0.161. The Hall–Kier alpha value is -1.55. The first-order chi connectivity index (χ1) is 11.2. The van der Waals surface area contributed by atoms with Gasteiger partial charge in [-0.3, -0.25) is 4.79 Å². The molecule has 0 saturated heterocycles. The van der Waals surface area contributed by atoms with Crippen LogP contribution >= 0.6 is 27.5 Å². The number of halogens is 2. The molecule has 1 amide bonds. The number of hydrogen-bond acceptors (Lipinski definition) is 5. The fraction of sp³-hybridized carbons (Fsp3) is 0.214. The molecule has 0 bridgehead atoms. The number of carbonyl (C=O) groups is 1. The summed E-state index contributed by atoms with van der Waals surface area (Å²) < 4.78 is 26.4. The number of pyridine rings is 2. The van der Waals surface area contributed by atoms with Crippen molar-refractivity contribution in [1.29, 1.82) is 0 Å². The normalized spacial score (nSPS) is 11.5. The molecule has 0 saturated carbocycles. The summed E-state index contributed by atoms with van der Waals surface area (Å²) in [4.78, 5) is 19.8. The summed E-state index contributed by atoms with van der Waals surface area (Å²) in [6.45, 7) is 1.40. The van der Waals surface area contributed by atoms with Crippen LogP contribution in [0.5, 0.6) is 0 Å². The predicted octanol–water partition coefficient (Wildman–Crippen LogP) is 2.46. The van der Waals surface area contributed by atoms with E-state index in [1.165, 1.54) is 19.3 Å². The number of aryl methyl sites for hydroxylation is 1. The smallest absolute Gasteiger partial charge is 0.246 e. The van der Waals surface area contributed by atoms with Gasteiger partial charge in [0, 0.05) is 23.4 Å². The zero-order chi connectivity index (χ0) is 17.9. The number of anilines is 1. The van der Waals surface area contributed by atoms with Crippen LogP contribution in [-0.4, -0.2) is 42.2 Å². The van der Waals surface area contributed by atoms with Gasteiger partial charge in [0.05, 0.1) is 6.54 Å². The molecular formula is C14H14BrClN4O3S. The zero-order valence-electron chi connectivity index (χ0n) is 12.8. The van der Waals surface area contributed by atoms with Crippen molar-refractivity contribution in [2.45, 2.75) is 11.8 Å². The van der Waals surface area contributed by atoms with Crippen LogP contribution in [0.4, 0.5) is 5.82 Å². The highest BCUT2D eigenvalue weighted by Gasteiger charge is 2.26. The second-order valence-electron chi connectivity index (χ2n) is 4.92. The first kappa shape index (κ1) is 18.8. The molecular weight excluding hydrogens is 420 g/mol. The third kappa shape index (κ3) is 4.50. The number of carbonyl (C=O) groups excluding carboxylic acids is 1. The summed E-state index contributed by atoms with van der Waals surface area (Å²) in [6, 6.07) is 6.48. The number of rotatable bonds is 5. The highest BCUT2D eigenvalue weighted by atomic mass is 79.9. The Balaban J connectivity index is 2.14. The molecule has 0 fully saturated rings. The summed E-state index contributed by atoms with van der Waals surface area (Å²) in [5, 5.41) is 2.39. The van der Waals surface area contributed by atoms with Gasteiger partial charge in [0.2, 0.25) is 15.9 Å². The lowest BCUT2D eigenvalue weighted by molar-refractivity contribution is -0.116. The molecule has 10 heteroatoms. The molecule has 1 N–H and O–H groups in total. The molecule has 128 valence electrons. The molecule has 0 spiro atoms. The lowest BCUT2D eigenvalue weighted by atomic mass is 10.4. The fourth-order valence-electron chi connectivity index (χ4n) is 1.84. The Labute approximate surface area is 153 Å². The van der Waals surface area contributed by atoms with E-state index in [1.807, 2.05) is 0 Å². The first-order valence-corrected chi connectivity index (χ1v) is 9.32. The minimum atomic E-state index is -3.96. The second kappa shape index (κ2) is 7.56. The molecule has 2 heterocycles. The molecule has 0 aliphatic heterocycles. The van der Waals surface area contributed by atoms with Crippen LogP contribution in [0.15, 0.2) is 39.8 Å². The maximum absolute atomic E-state index is 12.5. The molecule has 7 nitrogen and oxygen atoms in total. The summed E-state index contributed by atoms with van der Waals surface area (Å²) in [6.07, 6.45) is 1.39. The van der Waals surface area contributed by atoms with Crippen LogP contribution < -0.4 is 5.32 Å². The van der Waals surface area contributed by atoms with E-state index in [9.17, 15) is 13.2 Å². The maximum Gasteiger partial charge on any atom is 0.246 e. The lowest BCUT2D eigenvalue weighted by Gasteiger charge is -2.17. The average Bonchev–Trinajstić information content (AvgIpc) is 2.49. The SMILES string of the molecule is Cc1cccc(NC(=O)CN(C)S(=O)(=O)c2cc(Br)cnc2Cl)n1. The van der Waals surface area contributed by atoms with Gasteiger partial charge in [0.1, 0.15) is 15.9 Å². The van der Waals surface area contributed by atoms with Crippen LogP contribution in [0, 0.1) is 6.92 Å². The fourth-order valence-corrected chi connectivity index (χ4v) is 3.88. The van der Waals surface area contributed by atoms with Gasteiger partial charge in [0.25, 0.3) is 0 Å². The van der Waals surface area contributed by atoms with Gasteiger partial charge in [-0.2, -0.15) is 4.31 Å². The van der Waals surface area contributed by atoms with Crippen molar-refractivity contribution in [1.82, 2.24) is 14.3 Å². The van der Waals surface area contributed by atoms with Crippen LogP contribution in [0.1, 0.15) is 5.69 Å². The summed E-state index contributed by atoms with van der Waals surface area (Å²) in [7, 11) is -2.67. The number of aromatic nitrogens is 2. The Morgan fingerprint density at radius 3 is 2.79 bits per heavy atom. The third-order valence-electron chi connectivity index (χ3n) is 2.98. The summed E-state index contributed by atoms with van der Waals surface area (Å²) in [5.41, 5.74) is 0.737. The number of likely N-dealkylation sites (N-methyl/N-ethyl adjacent to an activating group) is 1. The molecule has 0 radical (unpaired) electrons. The van der Waals surface area contributed by atoms with Gasteiger partial charge in [-0.15, -0.1) is 0 Å². The minimum absolute atomic E-state index is 0.161. The first-order valence-electron chi connectivity index (χ1n) is 6.71. The van der Waals surface area contributed by atoms with Gasteiger partial charge in [-0.05, 0) is 41.1 Å². The van der Waals surface area contributed by atoms with E-state index in [-0.39, 0.29) is 16.6 Å². The van der Waals surface area contributed by atoms with Crippen LogP contribution in [0.25, 0.3) is 0 Å². The Morgan fingerprint density at radius 1 is 1.42 bits per heavy atom.